The van der Waals surface area contributed by atoms with E-state index in [2.05, 4.69) is 20.7 Å². The number of carbonyl (C=O) groups is 1. The lowest BCUT2D eigenvalue weighted by molar-refractivity contribution is -0.385. The van der Waals surface area contributed by atoms with E-state index in [-0.39, 0.29) is 17.1 Å². The number of nitro groups is 1. The third-order valence-electron chi connectivity index (χ3n) is 3.33. The first-order valence-corrected chi connectivity index (χ1v) is 7.20. The van der Waals surface area contributed by atoms with Gasteiger partial charge in [-0.1, -0.05) is 0 Å². The van der Waals surface area contributed by atoms with Crippen LogP contribution in [0.3, 0.4) is 0 Å². The molecule has 11 nitrogen and oxygen atoms in total. The molecule has 134 valence electrons. The van der Waals surface area contributed by atoms with Gasteiger partial charge in [-0.05, 0) is 13.8 Å². The lowest BCUT2D eigenvalue weighted by Crippen LogP contribution is -2.27. The van der Waals surface area contributed by atoms with Crippen molar-refractivity contribution in [1.82, 2.24) is 25.0 Å². The van der Waals surface area contributed by atoms with E-state index >= 15 is 0 Å². The number of aryl methyl sites for hydroxylation is 1. The average molecular weight is 353 g/mol. The first kappa shape index (κ1) is 18.0. The molecule has 0 fully saturated rings. The van der Waals surface area contributed by atoms with Gasteiger partial charge < -0.3 is 4.74 Å². The van der Waals surface area contributed by atoms with Gasteiger partial charge in [0.25, 0.3) is 5.91 Å². The smallest absolute Gasteiger partial charge is 0.350 e. The molecule has 25 heavy (non-hydrogen) atoms. The van der Waals surface area contributed by atoms with Gasteiger partial charge in [-0.3, -0.25) is 14.9 Å². The molecule has 1 atom stereocenters. The number of nitrogens with zero attached hydrogens (tertiary/aromatic N) is 6. The van der Waals surface area contributed by atoms with Crippen LogP contribution >= 0.6 is 0 Å². The molecule has 1 unspecified atom stereocenters. The molecule has 0 aliphatic rings. The third-order valence-corrected chi connectivity index (χ3v) is 3.33. The van der Waals surface area contributed by atoms with Crippen LogP contribution in [0.25, 0.3) is 0 Å². The van der Waals surface area contributed by atoms with E-state index in [0.29, 0.717) is 6.54 Å². The summed E-state index contributed by atoms with van der Waals surface area (Å²) in [7, 11) is 1.24. The van der Waals surface area contributed by atoms with Crippen LogP contribution in [-0.2, 0) is 11.3 Å². The Labute approximate surface area is 141 Å². The van der Waals surface area contributed by atoms with E-state index in [1.54, 1.807) is 6.92 Å². The summed E-state index contributed by atoms with van der Waals surface area (Å²) in [6.07, 6.45) is 3.47. The second kappa shape index (κ2) is 7.51. The molecule has 2 aromatic heterocycles. The van der Waals surface area contributed by atoms with Gasteiger partial charge in [-0.15, -0.1) is 5.10 Å². The summed E-state index contributed by atoms with van der Waals surface area (Å²) in [5.74, 6) is -1.37. The fraction of sp³-hybridized carbons (Fsp3) is 0.385. The molecule has 2 heterocycles. The maximum absolute atomic E-state index is 13.7. The minimum absolute atomic E-state index is 0.117. The predicted octanol–water partition coefficient (Wildman–Crippen LogP) is 0.867. The molecular formula is C13H16FN7O4. The Hall–Kier alpha value is -3.31. The standard InChI is InChI=1S/C13H16FN7O4/c1-4-19-11(14)9(6-16-19)5-15-17-12(22)8(2)20-7-10(21(23)24)13(18-20)25-3/h5-8H,4H2,1-3H3,(H,17,22). The lowest BCUT2D eigenvalue weighted by atomic mass is 10.3. The molecular weight excluding hydrogens is 337 g/mol. The minimum atomic E-state index is -0.900. The molecule has 0 aromatic carbocycles. The zero-order valence-corrected chi connectivity index (χ0v) is 13.7. The van der Waals surface area contributed by atoms with Gasteiger partial charge in [0, 0.05) is 6.54 Å². The lowest BCUT2D eigenvalue weighted by Gasteiger charge is -2.08. The highest BCUT2D eigenvalue weighted by molar-refractivity contribution is 5.83. The molecule has 0 spiro atoms. The number of methoxy groups -OCH3 is 1. The Morgan fingerprint density at radius 2 is 2.36 bits per heavy atom. The first-order chi connectivity index (χ1) is 11.9. The fourth-order valence-corrected chi connectivity index (χ4v) is 1.91. The summed E-state index contributed by atoms with van der Waals surface area (Å²) in [5.41, 5.74) is 1.97. The number of amides is 1. The van der Waals surface area contributed by atoms with Crippen molar-refractivity contribution in [1.29, 1.82) is 0 Å². The number of nitrogens with one attached hydrogen (secondary N) is 1. The number of aromatic nitrogens is 4. The quantitative estimate of drug-likeness (QED) is 0.446. The Morgan fingerprint density at radius 3 is 2.88 bits per heavy atom. The molecule has 12 heteroatoms. The van der Waals surface area contributed by atoms with Crippen LogP contribution in [0.1, 0.15) is 25.5 Å². The molecule has 0 aliphatic carbocycles. The van der Waals surface area contributed by atoms with Gasteiger partial charge in [0.2, 0.25) is 5.95 Å². The molecule has 0 bridgehead atoms. The monoisotopic (exact) mass is 353 g/mol. The van der Waals surface area contributed by atoms with Crippen LogP contribution in [0.2, 0.25) is 0 Å². The van der Waals surface area contributed by atoms with E-state index in [1.807, 2.05) is 0 Å². The highest BCUT2D eigenvalue weighted by Gasteiger charge is 2.25. The van der Waals surface area contributed by atoms with Gasteiger partial charge in [-0.2, -0.15) is 14.6 Å². The van der Waals surface area contributed by atoms with Crippen molar-refractivity contribution in [2.75, 3.05) is 7.11 Å². The average Bonchev–Trinajstić information content (AvgIpc) is 3.18. The SMILES string of the molecule is CCn1ncc(C=NNC(=O)C(C)n2cc([N+](=O)[O-])c(OC)n2)c1F. The Bertz CT molecular complexity index is 813. The molecule has 1 amide bonds. The summed E-state index contributed by atoms with van der Waals surface area (Å²) >= 11 is 0. The zero-order chi connectivity index (χ0) is 18.6. The molecule has 1 N–H and O–H groups in total. The summed E-state index contributed by atoms with van der Waals surface area (Å²) < 4.78 is 20.8. The van der Waals surface area contributed by atoms with Gasteiger partial charge >= 0.3 is 11.6 Å². The van der Waals surface area contributed by atoms with Gasteiger partial charge in [0.15, 0.2) is 0 Å². The largest absolute Gasteiger partial charge is 0.475 e. The van der Waals surface area contributed by atoms with E-state index in [0.717, 1.165) is 21.8 Å². The van der Waals surface area contributed by atoms with Crippen molar-refractivity contribution in [3.8, 4) is 5.88 Å². The van der Waals surface area contributed by atoms with Crippen molar-refractivity contribution < 1.29 is 18.8 Å². The van der Waals surface area contributed by atoms with Gasteiger partial charge in [0.1, 0.15) is 12.2 Å². The molecule has 0 saturated carbocycles. The zero-order valence-electron chi connectivity index (χ0n) is 13.7. The minimum Gasteiger partial charge on any atom is -0.475 e. The van der Waals surface area contributed by atoms with Crippen LogP contribution in [0.5, 0.6) is 5.88 Å². The maximum atomic E-state index is 13.7. The molecule has 0 radical (unpaired) electrons. The number of ether oxygens (including phenoxy) is 1. The number of hydrogen-bond donors (Lipinski definition) is 1. The topological polar surface area (TPSA) is 129 Å². The Kier molecular flexibility index (Phi) is 5.41. The maximum Gasteiger partial charge on any atom is 0.350 e. The Morgan fingerprint density at radius 1 is 1.64 bits per heavy atom. The number of carbonyl (C=O) groups excluding carboxylic acids is 1. The predicted molar refractivity (Wildman–Crippen MR) is 83.7 cm³/mol. The highest BCUT2D eigenvalue weighted by Crippen LogP contribution is 2.25. The van der Waals surface area contributed by atoms with Gasteiger partial charge in [-0.25, -0.2) is 14.8 Å². The molecule has 0 aliphatic heterocycles. The highest BCUT2D eigenvalue weighted by atomic mass is 19.1. The summed E-state index contributed by atoms with van der Waals surface area (Å²) in [5, 5.41) is 22.2. The normalized spacial score (nSPS) is 12.3. The van der Waals surface area contributed by atoms with Crippen LogP contribution < -0.4 is 10.2 Å². The molecule has 2 aromatic rings. The van der Waals surface area contributed by atoms with Crippen LogP contribution in [0, 0.1) is 16.1 Å². The molecule has 2 rings (SSSR count). The number of rotatable bonds is 7. The van der Waals surface area contributed by atoms with E-state index < -0.39 is 22.8 Å². The van der Waals surface area contributed by atoms with E-state index in [9.17, 15) is 19.3 Å². The van der Waals surface area contributed by atoms with Crippen LogP contribution in [-0.4, -0.2) is 43.7 Å². The number of hydrazone groups is 1. The fourth-order valence-electron chi connectivity index (χ4n) is 1.91. The first-order valence-electron chi connectivity index (χ1n) is 7.20. The van der Waals surface area contributed by atoms with Crippen molar-refractivity contribution in [2.45, 2.75) is 26.4 Å². The third kappa shape index (κ3) is 3.79. The van der Waals surface area contributed by atoms with Crippen molar-refractivity contribution >= 4 is 17.8 Å². The number of halogens is 1. The summed E-state index contributed by atoms with van der Waals surface area (Å²) in [4.78, 5) is 22.3. The second-order valence-corrected chi connectivity index (χ2v) is 4.88. The second-order valence-electron chi connectivity index (χ2n) is 4.88. The number of hydrogen-bond acceptors (Lipinski definition) is 7. The summed E-state index contributed by atoms with van der Waals surface area (Å²) in [6, 6.07) is -0.900. The van der Waals surface area contributed by atoms with Crippen LogP contribution in [0.15, 0.2) is 17.5 Å². The van der Waals surface area contributed by atoms with Gasteiger partial charge in [0.05, 0.1) is 30.0 Å². The van der Waals surface area contributed by atoms with Crippen LogP contribution in [0.4, 0.5) is 10.1 Å². The van der Waals surface area contributed by atoms with Crippen molar-refractivity contribution in [3.63, 3.8) is 0 Å². The Balaban J connectivity index is 2.06. The molecule has 0 saturated heterocycles. The van der Waals surface area contributed by atoms with E-state index in [1.165, 1.54) is 20.2 Å². The van der Waals surface area contributed by atoms with Crippen molar-refractivity contribution in [2.24, 2.45) is 5.10 Å². The van der Waals surface area contributed by atoms with E-state index in [4.69, 9.17) is 4.74 Å². The van der Waals surface area contributed by atoms with Crippen molar-refractivity contribution in [3.05, 3.63) is 34.0 Å². The summed E-state index contributed by atoms with van der Waals surface area (Å²) in [6.45, 7) is 3.57.